The van der Waals surface area contributed by atoms with E-state index in [1.54, 1.807) is 11.1 Å². The lowest BCUT2D eigenvalue weighted by Gasteiger charge is -2.16. The Bertz CT molecular complexity index is 825. The maximum Gasteiger partial charge on any atom is -0.00141 e. The monoisotopic (exact) mass is 280 g/mol. The molecule has 0 aromatic heterocycles. The molecule has 22 heavy (non-hydrogen) atoms. The normalized spacial score (nSPS) is 13.9. The Kier molecular flexibility index (Phi) is 2.42. The summed E-state index contributed by atoms with van der Waals surface area (Å²) in [5, 5.41) is 0. The van der Waals surface area contributed by atoms with Crippen molar-refractivity contribution in [1.82, 2.24) is 0 Å². The molecule has 3 aromatic rings. The molecule has 0 saturated heterocycles. The fourth-order valence-corrected chi connectivity index (χ4v) is 3.54. The van der Waals surface area contributed by atoms with Gasteiger partial charge in [0.25, 0.3) is 0 Å². The number of rotatable bonds is 2. The van der Waals surface area contributed by atoms with Gasteiger partial charge in [-0.15, -0.1) is 0 Å². The summed E-state index contributed by atoms with van der Waals surface area (Å²) in [6.45, 7) is 0. The maximum absolute atomic E-state index is 2.41. The summed E-state index contributed by atoms with van der Waals surface area (Å²) in [4.78, 5) is 0. The molecule has 0 radical (unpaired) electrons. The first kappa shape index (κ1) is 12.0. The first-order valence-corrected chi connectivity index (χ1v) is 7.93. The summed E-state index contributed by atoms with van der Waals surface area (Å²) in [5.74, 6) is 0. The van der Waals surface area contributed by atoms with E-state index in [-0.39, 0.29) is 0 Å². The van der Waals surface area contributed by atoms with Gasteiger partial charge in [0.1, 0.15) is 0 Å². The van der Waals surface area contributed by atoms with Crippen LogP contribution in [-0.4, -0.2) is 0 Å². The molecule has 0 nitrogen and oxygen atoms in total. The summed E-state index contributed by atoms with van der Waals surface area (Å²) in [7, 11) is 0. The maximum atomic E-state index is 2.41. The van der Waals surface area contributed by atoms with Gasteiger partial charge in [-0.05, 0) is 57.4 Å². The van der Waals surface area contributed by atoms with E-state index in [2.05, 4.69) is 72.8 Å². The molecule has 0 aliphatic heterocycles. The summed E-state index contributed by atoms with van der Waals surface area (Å²) < 4.78 is 0. The highest BCUT2D eigenvalue weighted by molar-refractivity contribution is 6.16. The third kappa shape index (κ3) is 1.70. The molecule has 0 N–H and O–H groups in total. The minimum absolute atomic E-state index is 1.25. The topological polar surface area (TPSA) is 0 Å². The predicted molar refractivity (Wildman–Crippen MR) is 91.8 cm³/mol. The Hall–Kier alpha value is -2.60. The Morgan fingerprint density at radius 2 is 1.05 bits per heavy atom. The zero-order valence-electron chi connectivity index (χ0n) is 12.3. The molecule has 0 bridgehead atoms. The van der Waals surface area contributed by atoms with Crippen molar-refractivity contribution in [3.05, 3.63) is 106 Å². The van der Waals surface area contributed by atoms with Crippen molar-refractivity contribution in [2.24, 2.45) is 0 Å². The van der Waals surface area contributed by atoms with Gasteiger partial charge in [0, 0.05) is 0 Å². The standard InChI is InChI=1S/C22H16/c1-3-7-15(8-4-1)21(16-9-5-2-6-10-16)22-19-13-17-11-12-18(17)14-20(19)22/h1-10,13-14H,11-12H2. The minimum Gasteiger partial charge on any atom is -0.0622 e. The van der Waals surface area contributed by atoms with Gasteiger partial charge in [-0.2, -0.15) is 0 Å². The fourth-order valence-electron chi connectivity index (χ4n) is 3.54. The minimum atomic E-state index is 1.25. The molecule has 3 aromatic carbocycles. The second-order valence-corrected chi connectivity index (χ2v) is 6.15. The van der Waals surface area contributed by atoms with Crippen molar-refractivity contribution in [3.63, 3.8) is 0 Å². The van der Waals surface area contributed by atoms with Gasteiger partial charge in [-0.25, -0.2) is 0 Å². The second kappa shape index (κ2) is 4.45. The van der Waals surface area contributed by atoms with Gasteiger partial charge < -0.3 is 0 Å². The van der Waals surface area contributed by atoms with E-state index < -0.39 is 0 Å². The van der Waals surface area contributed by atoms with Gasteiger partial charge in [-0.3, -0.25) is 0 Å². The molecular weight excluding hydrogens is 264 g/mol. The van der Waals surface area contributed by atoms with Crippen molar-refractivity contribution in [2.75, 3.05) is 0 Å². The largest absolute Gasteiger partial charge is 0.0622 e. The first-order chi connectivity index (χ1) is 10.9. The summed E-state index contributed by atoms with van der Waals surface area (Å²) in [5.41, 5.74) is 11.5. The lowest BCUT2D eigenvalue weighted by molar-refractivity contribution is 0.841. The molecule has 104 valence electrons. The van der Waals surface area contributed by atoms with E-state index in [0.717, 1.165) is 0 Å². The van der Waals surface area contributed by atoms with Crippen LogP contribution in [0, 0.1) is 0 Å². The Morgan fingerprint density at radius 3 is 1.45 bits per heavy atom. The van der Waals surface area contributed by atoms with Gasteiger partial charge >= 0.3 is 0 Å². The molecular formula is C22H16. The molecule has 0 unspecified atom stereocenters. The molecule has 0 heteroatoms. The lowest BCUT2D eigenvalue weighted by atomic mass is 9.89. The molecule has 0 heterocycles. The Labute approximate surface area is 130 Å². The molecule has 2 aliphatic rings. The number of fused-ring (bicyclic) bond motifs is 2. The Balaban J connectivity index is 1.75. The number of benzene rings is 3. The third-order valence-corrected chi connectivity index (χ3v) is 4.85. The van der Waals surface area contributed by atoms with E-state index in [1.807, 2.05) is 0 Å². The average Bonchev–Trinajstić information content (AvgIpc) is 3.24. The zero-order chi connectivity index (χ0) is 14.5. The van der Waals surface area contributed by atoms with E-state index in [9.17, 15) is 0 Å². The van der Waals surface area contributed by atoms with Crippen molar-refractivity contribution in [2.45, 2.75) is 12.8 Å². The molecule has 2 aliphatic carbocycles. The van der Waals surface area contributed by atoms with Crippen LogP contribution in [0.5, 0.6) is 0 Å². The number of hydrogen-bond donors (Lipinski definition) is 0. The molecule has 5 rings (SSSR count). The van der Waals surface area contributed by atoms with Gasteiger partial charge in [0.05, 0.1) is 0 Å². The zero-order valence-corrected chi connectivity index (χ0v) is 12.3. The molecule has 0 saturated carbocycles. The molecule has 0 amide bonds. The van der Waals surface area contributed by atoms with Crippen LogP contribution in [-0.2, 0) is 12.8 Å². The van der Waals surface area contributed by atoms with Gasteiger partial charge in [0.15, 0.2) is 0 Å². The lowest BCUT2D eigenvalue weighted by Crippen LogP contribution is -2.06. The van der Waals surface area contributed by atoms with Crippen molar-refractivity contribution in [1.29, 1.82) is 0 Å². The molecule has 0 atom stereocenters. The van der Waals surface area contributed by atoms with E-state index in [1.165, 1.54) is 46.2 Å². The smallest absolute Gasteiger partial charge is 0.00141 e. The van der Waals surface area contributed by atoms with Crippen molar-refractivity contribution < 1.29 is 0 Å². The number of hydrogen-bond acceptors (Lipinski definition) is 0. The molecule has 0 fully saturated rings. The van der Waals surface area contributed by atoms with Gasteiger partial charge in [-0.1, -0.05) is 72.8 Å². The fraction of sp³-hybridized carbons (Fsp3) is 0.0909. The van der Waals surface area contributed by atoms with Crippen LogP contribution in [0.3, 0.4) is 0 Å². The van der Waals surface area contributed by atoms with Crippen LogP contribution in [0.2, 0.25) is 0 Å². The highest BCUT2D eigenvalue weighted by Gasteiger charge is 2.32. The predicted octanol–water partition coefficient (Wildman–Crippen LogP) is 5.11. The van der Waals surface area contributed by atoms with Crippen LogP contribution in [0.15, 0.2) is 72.8 Å². The van der Waals surface area contributed by atoms with Gasteiger partial charge in [0.2, 0.25) is 0 Å². The van der Waals surface area contributed by atoms with Crippen LogP contribution in [0.4, 0.5) is 0 Å². The van der Waals surface area contributed by atoms with E-state index in [0.29, 0.717) is 0 Å². The quantitative estimate of drug-likeness (QED) is 0.479. The van der Waals surface area contributed by atoms with Crippen molar-refractivity contribution in [3.8, 4) is 0 Å². The molecule has 0 spiro atoms. The van der Waals surface area contributed by atoms with Crippen LogP contribution < -0.4 is 0 Å². The van der Waals surface area contributed by atoms with E-state index >= 15 is 0 Å². The van der Waals surface area contributed by atoms with Crippen LogP contribution in [0.1, 0.15) is 33.4 Å². The van der Waals surface area contributed by atoms with Crippen LogP contribution >= 0.6 is 0 Å². The van der Waals surface area contributed by atoms with E-state index in [4.69, 9.17) is 0 Å². The second-order valence-electron chi connectivity index (χ2n) is 6.15. The highest BCUT2D eigenvalue weighted by atomic mass is 14.4. The third-order valence-electron chi connectivity index (χ3n) is 4.85. The SMILES string of the molecule is c1ccc(C(=C2c3cc4c(cc32)CC4)c2ccccc2)cc1. The Morgan fingerprint density at radius 1 is 0.591 bits per heavy atom. The van der Waals surface area contributed by atoms with Crippen molar-refractivity contribution >= 4 is 11.1 Å². The van der Waals surface area contributed by atoms with Crippen LogP contribution in [0.25, 0.3) is 11.1 Å². The highest BCUT2D eigenvalue weighted by Crippen LogP contribution is 2.51. The average molecular weight is 280 g/mol. The summed E-state index contributed by atoms with van der Waals surface area (Å²) in [6.07, 6.45) is 2.50. The summed E-state index contributed by atoms with van der Waals surface area (Å²) >= 11 is 0. The first-order valence-electron chi connectivity index (χ1n) is 7.93. The number of aryl methyl sites for hydroxylation is 2. The summed E-state index contributed by atoms with van der Waals surface area (Å²) in [6, 6.07) is 26.4.